The average Bonchev–Trinajstić information content (AvgIpc) is 2.95. The maximum Gasteiger partial charge on any atom is 0.208 e. The Hall–Kier alpha value is -1.70. The highest BCUT2D eigenvalue weighted by molar-refractivity contribution is 8.01. The fourth-order valence-corrected chi connectivity index (χ4v) is 3.63. The Kier molecular flexibility index (Phi) is 4.05. The third kappa shape index (κ3) is 2.99. The van der Waals surface area contributed by atoms with Crippen LogP contribution in [0.5, 0.6) is 0 Å². The van der Waals surface area contributed by atoms with Crippen molar-refractivity contribution in [1.82, 2.24) is 15.2 Å². The average molecular weight is 318 g/mol. The van der Waals surface area contributed by atoms with Gasteiger partial charge in [0.1, 0.15) is 5.03 Å². The zero-order chi connectivity index (χ0) is 14.8. The lowest BCUT2D eigenvalue weighted by Gasteiger charge is -2.06. The second-order valence-electron chi connectivity index (χ2n) is 4.65. The summed E-state index contributed by atoms with van der Waals surface area (Å²) in [4.78, 5) is 6.54. The molecule has 0 unspecified atom stereocenters. The summed E-state index contributed by atoms with van der Waals surface area (Å²) in [5, 5.41) is 20.5. The zero-order valence-electron chi connectivity index (χ0n) is 11.6. The van der Waals surface area contributed by atoms with Crippen LogP contribution in [0.1, 0.15) is 5.56 Å². The fourth-order valence-electron chi connectivity index (χ4n) is 1.85. The first-order chi connectivity index (χ1) is 10.2. The van der Waals surface area contributed by atoms with Crippen LogP contribution in [0, 0.1) is 0 Å². The molecule has 1 aromatic carbocycles. The highest BCUT2D eigenvalue weighted by atomic mass is 32.2. The monoisotopic (exact) mass is 318 g/mol. The molecule has 0 bridgehead atoms. The van der Waals surface area contributed by atoms with Crippen molar-refractivity contribution in [2.75, 3.05) is 19.0 Å². The molecule has 0 aliphatic heterocycles. The molecule has 0 saturated carbocycles. The molecule has 1 N–H and O–H groups in total. The Balaban J connectivity index is 1.98. The van der Waals surface area contributed by atoms with E-state index in [1.54, 1.807) is 0 Å². The van der Waals surface area contributed by atoms with Gasteiger partial charge < -0.3 is 10.0 Å². The van der Waals surface area contributed by atoms with Gasteiger partial charge in [-0.3, -0.25) is 0 Å². The van der Waals surface area contributed by atoms with E-state index >= 15 is 0 Å². The molecule has 0 fully saturated rings. The molecule has 7 heteroatoms. The molecule has 21 heavy (non-hydrogen) atoms. The van der Waals surface area contributed by atoms with Crippen molar-refractivity contribution in [2.24, 2.45) is 0 Å². The predicted molar refractivity (Wildman–Crippen MR) is 86.0 cm³/mol. The number of hydrogen-bond acceptors (Lipinski definition) is 7. The highest BCUT2D eigenvalue weighted by Gasteiger charge is 2.12. The molecule has 0 saturated heterocycles. The van der Waals surface area contributed by atoms with Crippen molar-refractivity contribution in [1.29, 1.82) is 0 Å². The number of hydrogen-bond donors (Lipinski definition) is 1. The molecule has 2 heterocycles. The lowest BCUT2D eigenvalue weighted by Crippen LogP contribution is -2.07. The molecule has 0 spiro atoms. The van der Waals surface area contributed by atoms with Crippen molar-refractivity contribution < 1.29 is 5.11 Å². The molecule has 0 amide bonds. The topological polar surface area (TPSA) is 62.1 Å². The largest absolute Gasteiger partial charge is 0.392 e. The summed E-state index contributed by atoms with van der Waals surface area (Å²) < 4.78 is 0.816. The fraction of sp³-hybridized carbons (Fsp3) is 0.214. The minimum absolute atomic E-state index is 0.0422. The van der Waals surface area contributed by atoms with Crippen LogP contribution in [0.4, 0.5) is 5.13 Å². The Bertz CT molecular complexity index is 773. The number of aliphatic hydroxyl groups excluding tert-OH is 1. The van der Waals surface area contributed by atoms with Crippen LogP contribution in [0.15, 0.2) is 39.7 Å². The lowest BCUT2D eigenvalue weighted by atomic mass is 10.2. The second-order valence-corrected chi connectivity index (χ2v) is 6.84. The predicted octanol–water partition coefficient (Wildman–Crippen LogP) is 2.80. The van der Waals surface area contributed by atoms with Gasteiger partial charge in [0.25, 0.3) is 0 Å². The highest BCUT2D eigenvalue weighted by Crippen LogP contribution is 2.34. The van der Waals surface area contributed by atoms with Crippen LogP contribution in [-0.4, -0.2) is 34.4 Å². The van der Waals surface area contributed by atoms with E-state index in [9.17, 15) is 5.11 Å². The van der Waals surface area contributed by atoms with Gasteiger partial charge in [-0.05, 0) is 23.9 Å². The smallest absolute Gasteiger partial charge is 0.208 e. The van der Waals surface area contributed by atoms with E-state index in [2.05, 4.69) is 15.2 Å². The second kappa shape index (κ2) is 5.97. The number of fused-ring (bicyclic) bond motifs is 1. The molecule has 5 nitrogen and oxygen atoms in total. The molecule has 2 aromatic heterocycles. The molecule has 3 rings (SSSR count). The quantitative estimate of drug-likeness (QED) is 0.798. The summed E-state index contributed by atoms with van der Waals surface area (Å²) >= 11 is 2.94. The number of pyridine rings is 1. The summed E-state index contributed by atoms with van der Waals surface area (Å²) in [6.07, 6.45) is 0. The van der Waals surface area contributed by atoms with Crippen LogP contribution in [-0.2, 0) is 6.61 Å². The van der Waals surface area contributed by atoms with E-state index in [1.807, 2.05) is 49.3 Å². The van der Waals surface area contributed by atoms with Gasteiger partial charge in [0.15, 0.2) is 4.34 Å². The van der Waals surface area contributed by atoms with Crippen molar-refractivity contribution in [3.8, 4) is 0 Å². The van der Waals surface area contributed by atoms with E-state index in [1.165, 1.54) is 23.1 Å². The van der Waals surface area contributed by atoms with E-state index in [-0.39, 0.29) is 6.61 Å². The molecule has 0 aliphatic rings. The van der Waals surface area contributed by atoms with E-state index in [4.69, 9.17) is 0 Å². The van der Waals surface area contributed by atoms with E-state index in [0.29, 0.717) is 0 Å². The maximum absolute atomic E-state index is 9.56. The van der Waals surface area contributed by atoms with Crippen LogP contribution in [0.3, 0.4) is 0 Å². The Morgan fingerprint density at radius 3 is 2.76 bits per heavy atom. The molecular formula is C14H14N4OS2. The van der Waals surface area contributed by atoms with E-state index < -0.39 is 0 Å². The maximum atomic E-state index is 9.56. The summed E-state index contributed by atoms with van der Waals surface area (Å²) in [5.74, 6) is 0. The number of anilines is 1. The first-order valence-electron chi connectivity index (χ1n) is 6.35. The molecule has 0 radical (unpaired) electrons. The minimum Gasteiger partial charge on any atom is -0.392 e. The number of rotatable bonds is 4. The molecule has 0 atom stereocenters. The first-order valence-corrected chi connectivity index (χ1v) is 7.99. The van der Waals surface area contributed by atoms with Gasteiger partial charge in [0.05, 0.1) is 12.1 Å². The summed E-state index contributed by atoms with van der Waals surface area (Å²) in [6.45, 7) is -0.0422. The van der Waals surface area contributed by atoms with Crippen LogP contribution in [0.25, 0.3) is 10.9 Å². The first kappa shape index (κ1) is 14.2. The number of benzene rings is 1. The van der Waals surface area contributed by atoms with Gasteiger partial charge in [-0.2, -0.15) is 0 Å². The molecule has 108 valence electrons. The SMILES string of the molecule is CN(C)c1nnc(Sc2nc3ccccc3cc2CO)s1. The van der Waals surface area contributed by atoms with Gasteiger partial charge in [-0.1, -0.05) is 29.5 Å². The minimum atomic E-state index is -0.0422. The Morgan fingerprint density at radius 1 is 1.24 bits per heavy atom. The van der Waals surface area contributed by atoms with Crippen LogP contribution in [0.2, 0.25) is 0 Å². The summed E-state index contributed by atoms with van der Waals surface area (Å²) in [5.41, 5.74) is 1.72. The number of para-hydroxylation sites is 1. The Labute approximate surface area is 130 Å². The van der Waals surface area contributed by atoms with E-state index in [0.717, 1.165) is 31.0 Å². The van der Waals surface area contributed by atoms with Crippen LogP contribution >= 0.6 is 23.1 Å². The number of aromatic nitrogens is 3. The lowest BCUT2D eigenvalue weighted by molar-refractivity contribution is 0.278. The third-order valence-electron chi connectivity index (χ3n) is 2.90. The summed E-state index contributed by atoms with van der Waals surface area (Å²) in [6, 6.07) is 9.85. The molecule has 3 aromatic rings. The number of aliphatic hydroxyl groups is 1. The number of nitrogens with zero attached hydrogens (tertiary/aromatic N) is 4. The van der Waals surface area contributed by atoms with Crippen molar-refractivity contribution in [2.45, 2.75) is 16.0 Å². The van der Waals surface area contributed by atoms with Gasteiger partial charge in [0.2, 0.25) is 5.13 Å². The van der Waals surface area contributed by atoms with Crippen LogP contribution < -0.4 is 4.90 Å². The van der Waals surface area contributed by atoms with Gasteiger partial charge in [-0.15, -0.1) is 10.2 Å². The van der Waals surface area contributed by atoms with Gasteiger partial charge in [0, 0.05) is 25.0 Å². The van der Waals surface area contributed by atoms with Crippen molar-refractivity contribution in [3.05, 3.63) is 35.9 Å². The molecule has 0 aliphatic carbocycles. The molecular weight excluding hydrogens is 304 g/mol. The standard InChI is InChI=1S/C14H14N4OS2/c1-18(2)13-16-17-14(21-13)20-12-10(8-19)7-9-5-3-4-6-11(9)15-12/h3-7,19H,8H2,1-2H3. The van der Waals surface area contributed by atoms with Crippen molar-refractivity contribution in [3.63, 3.8) is 0 Å². The van der Waals surface area contributed by atoms with Crippen molar-refractivity contribution >= 4 is 39.1 Å². The van der Waals surface area contributed by atoms with Gasteiger partial charge in [-0.25, -0.2) is 4.98 Å². The summed E-state index contributed by atoms with van der Waals surface area (Å²) in [7, 11) is 3.87. The normalized spacial score (nSPS) is 11.0. The third-order valence-corrected chi connectivity index (χ3v) is 5.08. The Morgan fingerprint density at radius 2 is 2.05 bits per heavy atom. The van der Waals surface area contributed by atoms with Gasteiger partial charge >= 0.3 is 0 Å². The zero-order valence-corrected chi connectivity index (χ0v) is 13.3.